The lowest BCUT2D eigenvalue weighted by atomic mass is 9.97. The van der Waals surface area contributed by atoms with Crippen LogP contribution in [0.3, 0.4) is 0 Å². The monoisotopic (exact) mass is 466 g/mol. The summed E-state index contributed by atoms with van der Waals surface area (Å²) in [4.78, 5) is 27.6. The van der Waals surface area contributed by atoms with E-state index < -0.39 is 0 Å². The summed E-state index contributed by atoms with van der Waals surface area (Å²) in [5, 5.41) is 9.09. The fourth-order valence-electron chi connectivity index (χ4n) is 3.78. The van der Waals surface area contributed by atoms with Gasteiger partial charge in [-0.25, -0.2) is 9.80 Å². The highest BCUT2D eigenvalue weighted by molar-refractivity contribution is 6.03. The molecule has 0 unspecified atom stereocenters. The van der Waals surface area contributed by atoms with Crippen LogP contribution in [0.4, 0.5) is 4.79 Å². The number of hydrogen-bond acceptors (Lipinski definition) is 5. The topological polar surface area (TPSA) is 83.5 Å². The van der Waals surface area contributed by atoms with Crippen LogP contribution in [0.15, 0.2) is 53.6 Å². The van der Waals surface area contributed by atoms with Gasteiger partial charge in [-0.2, -0.15) is 5.10 Å². The SMILES string of the molecule is CCCNC(=O)N(CCOC)CC(=O)N1N=C(c2ccc(OC)cc2)C[C@H]1c1ccc(C)cc1. The first-order valence-corrected chi connectivity index (χ1v) is 11.6. The first kappa shape index (κ1) is 25.2. The Morgan fingerprint density at radius 2 is 1.82 bits per heavy atom. The zero-order valence-corrected chi connectivity index (χ0v) is 20.4. The third kappa shape index (κ3) is 6.35. The Bertz CT molecular complexity index is 989. The van der Waals surface area contributed by atoms with Crippen LogP contribution in [0.5, 0.6) is 5.75 Å². The van der Waals surface area contributed by atoms with Crippen molar-refractivity contribution < 1.29 is 19.1 Å². The molecule has 1 aliphatic heterocycles. The maximum Gasteiger partial charge on any atom is 0.317 e. The highest BCUT2D eigenvalue weighted by atomic mass is 16.5. The zero-order valence-electron chi connectivity index (χ0n) is 20.4. The Kier molecular flexibility index (Phi) is 9.04. The minimum Gasteiger partial charge on any atom is -0.497 e. The Hall–Kier alpha value is -3.39. The molecule has 2 aromatic carbocycles. The van der Waals surface area contributed by atoms with Crippen molar-refractivity contribution in [3.8, 4) is 5.75 Å². The third-order valence-corrected chi connectivity index (χ3v) is 5.76. The van der Waals surface area contributed by atoms with Crippen molar-refractivity contribution in [2.24, 2.45) is 5.10 Å². The van der Waals surface area contributed by atoms with Gasteiger partial charge in [0.2, 0.25) is 0 Å². The van der Waals surface area contributed by atoms with Crippen LogP contribution in [-0.4, -0.2) is 68.0 Å². The van der Waals surface area contributed by atoms with Gasteiger partial charge in [0.05, 0.1) is 25.5 Å². The van der Waals surface area contributed by atoms with Gasteiger partial charge in [0.1, 0.15) is 12.3 Å². The van der Waals surface area contributed by atoms with E-state index in [1.807, 2.05) is 62.4 Å². The Labute approximate surface area is 201 Å². The van der Waals surface area contributed by atoms with Crippen molar-refractivity contribution in [2.45, 2.75) is 32.7 Å². The van der Waals surface area contributed by atoms with Crippen LogP contribution in [0.25, 0.3) is 0 Å². The fraction of sp³-hybridized carbons (Fsp3) is 0.423. The molecule has 0 radical (unpaired) electrons. The summed E-state index contributed by atoms with van der Waals surface area (Å²) in [5.74, 6) is 0.522. The molecule has 0 saturated heterocycles. The molecule has 0 bridgehead atoms. The first-order valence-electron chi connectivity index (χ1n) is 11.6. The van der Waals surface area contributed by atoms with Gasteiger partial charge < -0.3 is 19.7 Å². The summed E-state index contributed by atoms with van der Waals surface area (Å²) in [7, 11) is 3.20. The van der Waals surface area contributed by atoms with E-state index in [-0.39, 0.29) is 24.5 Å². The van der Waals surface area contributed by atoms with E-state index in [4.69, 9.17) is 14.6 Å². The molecular formula is C26H34N4O4. The molecule has 3 rings (SSSR count). The Morgan fingerprint density at radius 1 is 1.12 bits per heavy atom. The summed E-state index contributed by atoms with van der Waals surface area (Å²) < 4.78 is 10.4. The Balaban J connectivity index is 1.86. The summed E-state index contributed by atoms with van der Waals surface area (Å²) in [5.41, 5.74) is 3.91. The van der Waals surface area contributed by atoms with Crippen molar-refractivity contribution >= 4 is 17.6 Å². The van der Waals surface area contributed by atoms with Crippen LogP contribution in [-0.2, 0) is 9.53 Å². The van der Waals surface area contributed by atoms with Crippen molar-refractivity contribution in [3.05, 3.63) is 65.2 Å². The number of carbonyl (C=O) groups excluding carboxylic acids is 2. The molecular weight excluding hydrogens is 432 g/mol. The quantitative estimate of drug-likeness (QED) is 0.578. The maximum absolute atomic E-state index is 13.5. The normalized spacial score (nSPS) is 15.1. The van der Waals surface area contributed by atoms with Crippen LogP contribution >= 0.6 is 0 Å². The predicted octanol–water partition coefficient (Wildman–Crippen LogP) is 3.75. The van der Waals surface area contributed by atoms with Crippen molar-refractivity contribution in [1.82, 2.24) is 15.2 Å². The lowest BCUT2D eigenvalue weighted by Gasteiger charge is -2.27. The number of benzene rings is 2. The number of ether oxygens (including phenoxy) is 2. The fourth-order valence-corrected chi connectivity index (χ4v) is 3.78. The number of carbonyl (C=O) groups is 2. The number of rotatable bonds is 10. The summed E-state index contributed by atoms with van der Waals surface area (Å²) >= 11 is 0. The second-order valence-corrected chi connectivity index (χ2v) is 8.29. The lowest BCUT2D eigenvalue weighted by Crippen LogP contribution is -2.47. The van der Waals surface area contributed by atoms with E-state index in [1.54, 1.807) is 14.2 Å². The van der Waals surface area contributed by atoms with Gasteiger partial charge in [0.25, 0.3) is 5.91 Å². The van der Waals surface area contributed by atoms with Crippen molar-refractivity contribution in [3.63, 3.8) is 0 Å². The first-order chi connectivity index (χ1) is 16.5. The van der Waals surface area contributed by atoms with Crippen LogP contribution < -0.4 is 10.1 Å². The minimum atomic E-state index is -0.280. The highest BCUT2D eigenvalue weighted by Crippen LogP contribution is 2.33. The van der Waals surface area contributed by atoms with E-state index >= 15 is 0 Å². The number of amides is 3. The second-order valence-electron chi connectivity index (χ2n) is 8.29. The minimum absolute atomic E-state index is 0.0827. The zero-order chi connectivity index (χ0) is 24.5. The smallest absolute Gasteiger partial charge is 0.317 e. The average Bonchev–Trinajstić information content (AvgIpc) is 3.31. The molecule has 1 atom stereocenters. The van der Waals surface area contributed by atoms with Gasteiger partial charge in [-0.1, -0.05) is 36.8 Å². The number of urea groups is 1. The number of nitrogens with zero attached hydrogens (tertiary/aromatic N) is 3. The predicted molar refractivity (Wildman–Crippen MR) is 132 cm³/mol. The van der Waals surface area contributed by atoms with Crippen molar-refractivity contribution in [1.29, 1.82) is 0 Å². The molecule has 0 aliphatic carbocycles. The third-order valence-electron chi connectivity index (χ3n) is 5.76. The average molecular weight is 467 g/mol. The van der Waals surface area contributed by atoms with E-state index in [9.17, 15) is 9.59 Å². The standard InChI is InChI=1S/C26H34N4O4/c1-5-14-27-26(32)29(15-16-33-3)18-25(31)30-24(21-8-6-19(2)7-9-21)17-23(28-30)20-10-12-22(34-4)13-11-20/h6-13,24H,5,14-18H2,1-4H3,(H,27,32)/t24-/m0/s1. The molecule has 8 nitrogen and oxygen atoms in total. The molecule has 182 valence electrons. The van der Waals surface area contributed by atoms with Crippen molar-refractivity contribution in [2.75, 3.05) is 40.5 Å². The number of hydrogen-bond donors (Lipinski definition) is 1. The molecule has 34 heavy (non-hydrogen) atoms. The molecule has 0 aromatic heterocycles. The number of methoxy groups -OCH3 is 2. The van der Waals surface area contributed by atoms with Crippen LogP contribution in [0.2, 0.25) is 0 Å². The van der Waals surface area contributed by atoms with Gasteiger partial charge >= 0.3 is 6.03 Å². The van der Waals surface area contributed by atoms with E-state index in [0.29, 0.717) is 26.1 Å². The molecule has 2 aromatic rings. The maximum atomic E-state index is 13.5. The molecule has 1 aliphatic rings. The van der Waals surface area contributed by atoms with Crippen LogP contribution in [0, 0.1) is 6.92 Å². The largest absolute Gasteiger partial charge is 0.497 e. The van der Waals surface area contributed by atoms with Gasteiger partial charge in [0.15, 0.2) is 0 Å². The number of nitrogens with one attached hydrogen (secondary N) is 1. The van der Waals surface area contributed by atoms with E-state index in [0.717, 1.165) is 34.6 Å². The molecule has 1 heterocycles. The summed E-state index contributed by atoms with van der Waals surface area (Å²) in [6.45, 7) is 5.14. The number of hydrazone groups is 1. The van der Waals surface area contributed by atoms with Gasteiger partial charge in [-0.3, -0.25) is 4.79 Å². The van der Waals surface area contributed by atoms with Gasteiger partial charge in [0, 0.05) is 26.6 Å². The lowest BCUT2D eigenvalue weighted by molar-refractivity contribution is -0.133. The van der Waals surface area contributed by atoms with E-state index in [2.05, 4.69) is 5.32 Å². The van der Waals surface area contributed by atoms with Crippen LogP contribution in [0.1, 0.15) is 42.5 Å². The molecule has 0 saturated carbocycles. The molecule has 3 amide bonds. The summed E-state index contributed by atoms with van der Waals surface area (Å²) in [6.07, 6.45) is 1.40. The number of aryl methyl sites for hydroxylation is 1. The second kappa shape index (κ2) is 12.2. The highest BCUT2D eigenvalue weighted by Gasteiger charge is 2.34. The van der Waals surface area contributed by atoms with Gasteiger partial charge in [-0.05, 0) is 48.7 Å². The summed E-state index contributed by atoms with van der Waals surface area (Å²) in [6, 6.07) is 15.3. The molecule has 1 N–H and O–H groups in total. The molecule has 0 spiro atoms. The molecule has 0 fully saturated rings. The van der Waals surface area contributed by atoms with Gasteiger partial charge in [-0.15, -0.1) is 0 Å². The van der Waals surface area contributed by atoms with E-state index in [1.165, 1.54) is 9.91 Å². The molecule has 8 heteroatoms. The Morgan fingerprint density at radius 3 is 2.44 bits per heavy atom.